The van der Waals surface area contributed by atoms with Crippen molar-refractivity contribution in [1.82, 2.24) is 10.1 Å². The predicted octanol–water partition coefficient (Wildman–Crippen LogP) is 4.95. The summed E-state index contributed by atoms with van der Waals surface area (Å²) in [6, 6.07) is 13.3. The third-order valence-corrected chi connectivity index (χ3v) is 6.79. The normalized spacial score (nSPS) is 18.6. The number of aryl methyl sites for hydroxylation is 2. The maximum absolute atomic E-state index is 13.4. The van der Waals surface area contributed by atoms with Gasteiger partial charge in [-0.25, -0.2) is 4.79 Å². The molecule has 0 saturated carbocycles. The SMILES string of the molecule is Cc1noc(C)c1-c1ccc(C(=O)N2C(C(=O)O)CSC2c2ccccc2Cl)cc1. The average Bonchev–Trinajstić information content (AvgIpc) is 3.31. The van der Waals surface area contributed by atoms with E-state index in [1.807, 2.05) is 38.1 Å². The molecular formula is C22H19ClN2O4S. The van der Waals surface area contributed by atoms with Crippen LogP contribution in [0.25, 0.3) is 11.1 Å². The number of nitrogens with zero attached hydrogens (tertiary/aromatic N) is 2. The lowest BCUT2D eigenvalue weighted by atomic mass is 10.0. The van der Waals surface area contributed by atoms with E-state index in [-0.39, 0.29) is 5.91 Å². The van der Waals surface area contributed by atoms with Crippen LogP contribution in [0.15, 0.2) is 53.1 Å². The Bertz CT molecular complexity index is 1090. The molecule has 1 saturated heterocycles. The van der Waals surface area contributed by atoms with Crippen molar-refractivity contribution in [2.45, 2.75) is 25.3 Å². The summed E-state index contributed by atoms with van der Waals surface area (Å²) in [6.07, 6.45) is 0. The molecule has 2 atom stereocenters. The predicted molar refractivity (Wildman–Crippen MR) is 116 cm³/mol. The molecule has 0 spiro atoms. The molecule has 4 rings (SSSR count). The molecule has 1 fully saturated rings. The molecule has 1 aliphatic rings. The zero-order valence-electron chi connectivity index (χ0n) is 16.3. The van der Waals surface area contributed by atoms with Gasteiger partial charge in [0.15, 0.2) is 0 Å². The summed E-state index contributed by atoms with van der Waals surface area (Å²) < 4.78 is 5.22. The molecule has 1 N–H and O–H groups in total. The topological polar surface area (TPSA) is 83.6 Å². The first-order valence-electron chi connectivity index (χ1n) is 9.33. The van der Waals surface area contributed by atoms with Crippen LogP contribution in [0.3, 0.4) is 0 Å². The minimum atomic E-state index is -1.03. The Morgan fingerprint density at radius 2 is 1.87 bits per heavy atom. The first-order valence-corrected chi connectivity index (χ1v) is 10.8. The van der Waals surface area contributed by atoms with E-state index >= 15 is 0 Å². The van der Waals surface area contributed by atoms with Gasteiger partial charge in [-0.15, -0.1) is 11.8 Å². The summed E-state index contributed by atoms with van der Waals surface area (Å²) in [5.41, 5.74) is 3.69. The number of carbonyl (C=O) groups excluding carboxylic acids is 1. The highest BCUT2D eigenvalue weighted by Crippen LogP contribution is 2.44. The summed E-state index contributed by atoms with van der Waals surface area (Å²) in [5.74, 6) is -0.374. The molecule has 0 bridgehead atoms. The number of rotatable bonds is 4. The molecule has 154 valence electrons. The number of aliphatic carboxylic acids is 1. The molecule has 0 radical (unpaired) electrons. The lowest BCUT2D eigenvalue weighted by molar-refractivity contribution is -0.141. The standard InChI is InChI=1S/C22H19ClN2O4S/c1-12-19(13(2)29-24-12)14-7-9-15(10-8-14)20(26)25-18(22(27)28)11-30-21(25)16-5-3-4-6-17(16)23/h3-10,18,21H,11H2,1-2H3,(H,27,28). The second-order valence-corrected chi connectivity index (χ2v) is 8.57. The summed E-state index contributed by atoms with van der Waals surface area (Å²) in [7, 11) is 0. The fourth-order valence-corrected chi connectivity index (χ4v) is 5.44. The number of hydrogen-bond donors (Lipinski definition) is 1. The van der Waals surface area contributed by atoms with Crippen molar-refractivity contribution in [2.24, 2.45) is 0 Å². The van der Waals surface area contributed by atoms with Crippen LogP contribution in [0.1, 0.15) is 32.7 Å². The number of carboxylic acid groups (broad SMARTS) is 1. The Balaban J connectivity index is 1.68. The third-order valence-electron chi connectivity index (χ3n) is 5.15. The van der Waals surface area contributed by atoms with E-state index in [0.717, 1.165) is 22.4 Å². The Hall–Kier alpha value is -2.77. The van der Waals surface area contributed by atoms with Gasteiger partial charge in [-0.3, -0.25) is 4.79 Å². The van der Waals surface area contributed by atoms with Gasteiger partial charge >= 0.3 is 5.97 Å². The van der Waals surface area contributed by atoms with Crippen LogP contribution in [0.5, 0.6) is 0 Å². The van der Waals surface area contributed by atoms with Crippen LogP contribution in [0, 0.1) is 13.8 Å². The van der Waals surface area contributed by atoms with Crippen molar-refractivity contribution >= 4 is 35.2 Å². The molecular weight excluding hydrogens is 424 g/mol. The van der Waals surface area contributed by atoms with Gasteiger partial charge in [0.1, 0.15) is 17.2 Å². The lowest BCUT2D eigenvalue weighted by Crippen LogP contribution is -2.43. The van der Waals surface area contributed by atoms with Crippen LogP contribution in [-0.4, -0.2) is 38.8 Å². The molecule has 2 unspecified atom stereocenters. The third kappa shape index (κ3) is 3.59. The Morgan fingerprint density at radius 1 is 1.17 bits per heavy atom. The van der Waals surface area contributed by atoms with Gasteiger partial charge in [0.05, 0.1) is 5.69 Å². The van der Waals surface area contributed by atoms with Gasteiger partial charge in [0, 0.05) is 27.5 Å². The van der Waals surface area contributed by atoms with E-state index in [2.05, 4.69) is 5.16 Å². The number of hydrogen-bond acceptors (Lipinski definition) is 5. The van der Waals surface area contributed by atoms with Crippen molar-refractivity contribution < 1.29 is 19.2 Å². The minimum absolute atomic E-state index is 0.300. The van der Waals surface area contributed by atoms with Gasteiger partial charge in [0.2, 0.25) is 0 Å². The maximum Gasteiger partial charge on any atom is 0.327 e. The van der Waals surface area contributed by atoms with Gasteiger partial charge in [-0.2, -0.15) is 0 Å². The van der Waals surface area contributed by atoms with Crippen molar-refractivity contribution in [3.63, 3.8) is 0 Å². The maximum atomic E-state index is 13.4. The number of amides is 1. The monoisotopic (exact) mass is 442 g/mol. The van der Waals surface area contributed by atoms with Crippen molar-refractivity contribution in [1.29, 1.82) is 0 Å². The molecule has 2 aromatic carbocycles. The van der Waals surface area contributed by atoms with Gasteiger partial charge < -0.3 is 14.5 Å². The molecule has 2 heterocycles. The van der Waals surface area contributed by atoms with E-state index < -0.39 is 17.4 Å². The fraction of sp³-hybridized carbons (Fsp3) is 0.227. The van der Waals surface area contributed by atoms with E-state index in [1.54, 1.807) is 24.3 Å². The van der Waals surface area contributed by atoms with E-state index in [9.17, 15) is 14.7 Å². The van der Waals surface area contributed by atoms with E-state index in [0.29, 0.717) is 22.1 Å². The summed E-state index contributed by atoms with van der Waals surface area (Å²) in [6.45, 7) is 3.69. The number of benzene rings is 2. The zero-order valence-corrected chi connectivity index (χ0v) is 17.9. The molecule has 8 heteroatoms. The summed E-state index contributed by atoms with van der Waals surface area (Å²) in [5, 5.41) is 13.7. The first kappa shape index (κ1) is 20.5. The van der Waals surface area contributed by atoms with Crippen LogP contribution in [0.2, 0.25) is 5.02 Å². The highest BCUT2D eigenvalue weighted by Gasteiger charge is 2.43. The number of aromatic nitrogens is 1. The number of thioether (sulfide) groups is 1. The zero-order chi connectivity index (χ0) is 21.4. The second kappa shape index (κ2) is 8.16. The molecule has 6 nitrogen and oxygen atoms in total. The minimum Gasteiger partial charge on any atom is -0.480 e. The first-order chi connectivity index (χ1) is 14.4. The van der Waals surface area contributed by atoms with E-state index in [4.69, 9.17) is 16.1 Å². The van der Waals surface area contributed by atoms with Gasteiger partial charge in [0.25, 0.3) is 5.91 Å². The average molecular weight is 443 g/mol. The number of carbonyl (C=O) groups is 2. The van der Waals surface area contributed by atoms with Crippen molar-refractivity contribution in [2.75, 3.05) is 5.75 Å². The van der Waals surface area contributed by atoms with Crippen LogP contribution < -0.4 is 0 Å². The fourth-order valence-electron chi connectivity index (χ4n) is 3.68. The smallest absolute Gasteiger partial charge is 0.327 e. The highest BCUT2D eigenvalue weighted by atomic mass is 35.5. The van der Waals surface area contributed by atoms with Crippen LogP contribution in [0.4, 0.5) is 0 Å². The Labute approximate surface area is 182 Å². The largest absolute Gasteiger partial charge is 0.480 e. The van der Waals surface area contributed by atoms with E-state index in [1.165, 1.54) is 16.7 Å². The molecule has 0 aliphatic carbocycles. The van der Waals surface area contributed by atoms with Crippen molar-refractivity contribution in [3.05, 3.63) is 76.1 Å². The molecule has 1 aromatic heterocycles. The molecule has 1 amide bonds. The second-order valence-electron chi connectivity index (χ2n) is 7.05. The molecule has 30 heavy (non-hydrogen) atoms. The van der Waals surface area contributed by atoms with Gasteiger partial charge in [-0.05, 0) is 37.6 Å². The molecule has 3 aromatic rings. The summed E-state index contributed by atoms with van der Waals surface area (Å²) in [4.78, 5) is 26.6. The summed E-state index contributed by atoms with van der Waals surface area (Å²) >= 11 is 7.74. The molecule has 1 aliphatic heterocycles. The Morgan fingerprint density at radius 3 is 2.47 bits per heavy atom. The quantitative estimate of drug-likeness (QED) is 0.615. The number of carboxylic acids is 1. The van der Waals surface area contributed by atoms with Gasteiger partial charge in [-0.1, -0.05) is 47.1 Å². The Kier molecular flexibility index (Phi) is 5.58. The van der Waals surface area contributed by atoms with Crippen LogP contribution in [-0.2, 0) is 4.79 Å². The highest BCUT2D eigenvalue weighted by molar-refractivity contribution is 7.99. The van der Waals surface area contributed by atoms with Crippen molar-refractivity contribution in [3.8, 4) is 11.1 Å². The lowest BCUT2D eigenvalue weighted by Gasteiger charge is -2.28. The van der Waals surface area contributed by atoms with Crippen LogP contribution >= 0.6 is 23.4 Å². The number of halogens is 1.